The third-order valence-corrected chi connectivity index (χ3v) is 7.74. The summed E-state index contributed by atoms with van der Waals surface area (Å²) >= 11 is 0. The van der Waals surface area contributed by atoms with Gasteiger partial charge in [0, 0.05) is 11.3 Å². The van der Waals surface area contributed by atoms with Crippen molar-refractivity contribution in [3.05, 3.63) is 99.1 Å². The van der Waals surface area contributed by atoms with E-state index in [0.29, 0.717) is 12.4 Å². The maximum Gasteiger partial charge on any atom is 0.297 e. The minimum Gasteiger partial charge on any atom is -0.494 e. The first kappa shape index (κ1) is 20.6. The fourth-order valence-electron chi connectivity index (χ4n) is 6.48. The minimum atomic E-state index is -0.714. The largest absolute Gasteiger partial charge is 0.494 e. The Morgan fingerprint density at radius 1 is 0.971 bits per heavy atom. The Labute approximate surface area is 196 Å². The summed E-state index contributed by atoms with van der Waals surface area (Å²) in [5, 5.41) is 11.9. The van der Waals surface area contributed by atoms with E-state index in [0.717, 1.165) is 27.2 Å². The first-order chi connectivity index (χ1) is 16.4. The van der Waals surface area contributed by atoms with Crippen LogP contribution in [0.5, 0.6) is 5.75 Å². The van der Waals surface area contributed by atoms with Crippen LogP contribution >= 0.6 is 0 Å². The quantitative estimate of drug-likeness (QED) is 0.327. The van der Waals surface area contributed by atoms with Gasteiger partial charge in [0.05, 0.1) is 29.4 Å². The third-order valence-electron chi connectivity index (χ3n) is 7.74. The number of carbonyl (C=O) groups is 2. The standard InChI is InChI=1S/C27H22N2O5/c1-3-34-15-12-13-20(21(14-15)29(32)33)28-25(30)23-22-16-8-4-6-10-18(16)27(2,24(23)26(28)31)19-11-7-5-9-17(19)22/h4-14,22-24H,3H2,1-2H3/t22?,23-,24-,27?/m1/s1. The second-order valence-electron chi connectivity index (χ2n) is 9.21. The maximum absolute atomic E-state index is 14.0. The highest BCUT2D eigenvalue weighted by atomic mass is 16.6. The highest BCUT2D eigenvalue weighted by Gasteiger charge is 2.66. The molecule has 1 aliphatic heterocycles. The fraction of sp³-hybridized carbons (Fsp3) is 0.259. The molecule has 0 saturated carbocycles. The molecule has 170 valence electrons. The van der Waals surface area contributed by atoms with Gasteiger partial charge in [0.1, 0.15) is 11.4 Å². The van der Waals surface area contributed by atoms with E-state index in [2.05, 4.69) is 0 Å². The van der Waals surface area contributed by atoms with Crippen LogP contribution in [0.4, 0.5) is 11.4 Å². The summed E-state index contributed by atoms with van der Waals surface area (Å²) in [5.74, 6) is -1.99. The minimum absolute atomic E-state index is 0.00559. The van der Waals surface area contributed by atoms with Crippen molar-refractivity contribution in [2.75, 3.05) is 11.5 Å². The Hall–Kier alpha value is -4.00. The maximum atomic E-state index is 14.0. The molecule has 34 heavy (non-hydrogen) atoms. The van der Waals surface area contributed by atoms with Gasteiger partial charge in [-0.05, 0) is 41.3 Å². The van der Waals surface area contributed by atoms with Gasteiger partial charge in [-0.2, -0.15) is 0 Å². The number of amides is 2. The molecule has 0 radical (unpaired) electrons. The molecular weight excluding hydrogens is 432 g/mol. The Morgan fingerprint density at radius 2 is 1.59 bits per heavy atom. The molecular formula is C27H22N2O5. The number of anilines is 1. The zero-order chi connectivity index (χ0) is 23.8. The topological polar surface area (TPSA) is 89.8 Å². The van der Waals surface area contributed by atoms with Crippen LogP contribution in [0.3, 0.4) is 0 Å². The molecule has 7 nitrogen and oxygen atoms in total. The van der Waals surface area contributed by atoms with Crippen molar-refractivity contribution in [2.45, 2.75) is 25.2 Å². The number of nitrogens with zero attached hydrogens (tertiary/aromatic N) is 2. The number of hydrogen-bond acceptors (Lipinski definition) is 5. The van der Waals surface area contributed by atoms with Gasteiger partial charge in [0.25, 0.3) is 5.69 Å². The van der Waals surface area contributed by atoms with Crippen LogP contribution in [0.1, 0.15) is 42.0 Å². The number of carbonyl (C=O) groups excluding carboxylic acids is 2. The van der Waals surface area contributed by atoms with Crippen molar-refractivity contribution in [3.63, 3.8) is 0 Å². The molecule has 2 atom stereocenters. The lowest BCUT2D eigenvalue weighted by Crippen LogP contribution is -2.51. The van der Waals surface area contributed by atoms with Crippen molar-refractivity contribution in [2.24, 2.45) is 11.8 Å². The van der Waals surface area contributed by atoms with Gasteiger partial charge < -0.3 is 4.74 Å². The molecule has 0 spiro atoms. The number of benzene rings is 3. The number of nitro groups is 1. The van der Waals surface area contributed by atoms with Crippen LogP contribution in [-0.4, -0.2) is 23.3 Å². The lowest BCUT2D eigenvalue weighted by Gasteiger charge is -2.52. The molecule has 7 rings (SSSR count). The number of rotatable bonds is 4. The Morgan fingerprint density at radius 3 is 2.18 bits per heavy atom. The summed E-state index contributed by atoms with van der Waals surface area (Å²) in [7, 11) is 0. The van der Waals surface area contributed by atoms with E-state index in [4.69, 9.17) is 4.74 Å². The van der Waals surface area contributed by atoms with Crippen LogP contribution in [0.15, 0.2) is 66.7 Å². The molecule has 2 amide bonds. The molecule has 3 aromatic rings. The second-order valence-corrected chi connectivity index (χ2v) is 9.21. The third kappa shape index (κ3) is 2.41. The van der Waals surface area contributed by atoms with Gasteiger partial charge in [0.15, 0.2) is 0 Å². The summed E-state index contributed by atoms with van der Waals surface area (Å²) in [5.41, 5.74) is 3.15. The predicted molar refractivity (Wildman–Crippen MR) is 125 cm³/mol. The van der Waals surface area contributed by atoms with Gasteiger partial charge >= 0.3 is 0 Å². The molecule has 1 fully saturated rings. The number of imide groups is 1. The Balaban J connectivity index is 1.56. The molecule has 2 bridgehead atoms. The van der Waals surface area contributed by atoms with Crippen molar-refractivity contribution in [3.8, 4) is 5.75 Å². The molecule has 0 aromatic heterocycles. The van der Waals surface area contributed by atoms with Crippen molar-refractivity contribution in [1.29, 1.82) is 0 Å². The van der Waals surface area contributed by atoms with Gasteiger partial charge in [-0.25, -0.2) is 4.90 Å². The molecule has 0 unspecified atom stereocenters. The summed E-state index contributed by atoms with van der Waals surface area (Å²) in [6.07, 6.45) is 0. The Kier molecular flexibility index (Phi) is 4.24. The number of hydrogen-bond donors (Lipinski definition) is 0. The highest BCUT2D eigenvalue weighted by Crippen LogP contribution is 2.64. The number of nitro benzene ring substituents is 1. The van der Waals surface area contributed by atoms with Gasteiger partial charge in [-0.15, -0.1) is 0 Å². The van der Waals surface area contributed by atoms with E-state index in [-0.39, 0.29) is 23.2 Å². The zero-order valence-electron chi connectivity index (χ0n) is 18.7. The monoisotopic (exact) mass is 454 g/mol. The van der Waals surface area contributed by atoms with Crippen LogP contribution in [0.25, 0.3) is 0 Å². The van der Waals surface area contributed by atoms with E-state index < -0.39 is 28.1 Å². The average Bonchev–Trinajstić information content (AvgIpc) is 3.11. The van der Waals surface area contributed by atoms with E-state index in [9.17, 15) is 19.7 Å². The molecule has 7 heteroatoms. The van der Waals surface area contributed by atoms with Gasteiger partial charge in [-0.1, -0.05) is 55.5 Å². The Bertz CT molecular complexity index is 1350. The first-order valence-electron chi connectivity index (χ1n) is 11.4. The van der Waals surface area contributed by atoms with E-state index in [1.807, 2.05) is 55.5 Å². The molecule has 1 heterocycles. The summed E-state index contributed by atoms with van der Waals surface area (Å²) < 4.78 is 5.41. The molecule has 4 aliphatic rings. The average molecular weight is 454 g/mol. The first-order valence-corrected chi connectivity index (χ1v) is 11.4. The summed E-state index contributed by atoms with van der Waals surface area (Å²) in [6, 6.07) is 20.2. The van der Waals surface area contributed by atoms with Crippen molar-refractivity contribution < 1.29 is 19.2 Å². The summed E-state index contributed by atoms with van der Waals surface area (Å²) in [4.78, 5) is 40.3. The van der Waals surface area contributed by atoms with Crippen LogP contribution in [0.2, 0.25) is 0 Å². The van der Waals surface area contributed by atoms with Gasteiger partial charge in [0.2, 0.25) is 11.8 Å². The molecule has 0 N–H and O–H groups in total. The molecule has 3 aliphatic carbocycles. The van der Waals surface area contributed by atoms with Crippen molar-refractivity contribution >= 4 is 23.2 Å². The van der Waals surface area contributed by atoms with Crippen LogP contribution < -0.4 is 9.64 Å². The lowest BCUT2D eigenvalue weighted by atomic mass is 9.48. The molecule has 3 aromatic carbocycles. The fourth-order valence-corrected chi connectivity index (χ4v) is 6.48. The lowest BCUT2D eigenvalue weighted by molar-refractivity contribution is -0.384. The molecule has 1 saturated heterocycles. The predicted octanol–water partition coefficient (Wildman–Crippen LogP) is 4.56. The van der Waals surface area contributed by atoms with E-state index >= 15 is 0 Å². The number of ether oxygens (including phenoxy) is 1. The van der Waals surface area contributed by atoms with E-state index in [1.165, 1.54) is 12.1 Å². The van der Waals surface area contributed by atoms with Crippen LogP contribution in [-0.2, 0) is 15.0 Å². The van der Waals surface area contributed by atoms with E-state index in [1.54, 1.807) is 13.0 Å². The normalized spacial score (nSPS) is 26.2. The van der Waals surface area contributed by atoms with Crippen molar-refractivity contribution in [1.82, 2.24) is 0 Å². The summed E-state index contributed by atoms with van der Waals surface area (Å²) in [6.45, 7) is 4.15. The SMILES string of the molecule is CCOc1ccc(N2C(=O)[C@@H]3C4c5ccccc5C(C)(c5ccccc54)[C@H]3C2=O)c([N+](=O)[O-])c1. The second kappa shape index (κ2) is 7.00. The van der Waals surface area contributed by atoms with Crippen LogP contribution in [0, 0.1) is 22.0 Å². The van der Waals surface area contributed by atoms with Gasteiger partial charge in [-0.3, -0.25) is 19.7 Å². The highest BCUT2D eigenvalue weighted by molar-refractivity contribution is 6.24. The zero-order valence-corrected chi connectivity index (χ0v) is 18.7. The smallest absolute Gasteiger partial charge is 0.297 e.